The van der Waals surface area contributed by atoms with Crippen LogP contribution in [-0.2, 0) is 10.0 Å². The molecule has 0 bridgehead atoms. The van der Waals surface area contributed by atoms with Crippen molar-refractivity contribution in [1.29, 1.82) is 0 Å². The first-order valence-electron chi connectivity index (χ1n) is 7.84. The number of nitrogens with zero attached hydrogens (tertiary/aromatic N) is 1. The average molecular weight is 311 g/mol. The highest BCUT2D eigenvalue weighted by Gasteiger charge is 2.25. The molecule has 4 nitrogen and oxygen atoms in total. The fourth-order valence-corrected chi connectivity index (χ4v) is 4.30. The molecule has 5 heteroatoms. The Kier molecular flexibility index (Phi) is 5.79. The van der Waals surface area contributed by atoms with Crippen LogP contribution in [0.4, 0.5) is 0 Å². The summed E-state index contributed by atoms with van der Waals surface area (Å²) in [5.41, 5.74) is 0.672. The topological polar surface area (TPSA) is 57.6 Å². The van der Waals surface area contributed by atoms with Crippen LogP contribution in [0.5, 0.6) is 0 Å². The number of sulfonamides is 1. The van der Waals surface area contributed by atoms with E-state index in [1.807, 2.05) is 6.92 Å². The number of aliphatic hydroxyl groups is 1. The molecule has 21 heavy (non-hydrogen) atoms. The molecule has 1 heterocycles. The lowest BCUT2D eigenvalue weighted by molar-refractivity contribution is 0.173. The summed E-state index contributed by atoms with van der Waals surface area (Å²) in [6.45, 7) is 3.08. The molecule has 1 aliphatic rings. The lowest BCUT2D eigenvalue weighted by Crippen LogP contribution is -2.33. The van der Waals surface area contributed by atoms with Gasteiger partial charge in [-0.1, -0.05) is 38.3 Å². The van der Waals surface area contributed by atoms with Crippen LogP contribution in [0.15, 0.2) is 29.2 Å². The maximum Gasteiger partial charge on any atom is 0.243 e. The van der Waals surface area contributed by atoms with Gasteiger partial charge in [-0.15, -0.1) is 0 Å². The van der Waals surface area contributed by atoms with E-state index in [0.29, 0.717) is 30.0 Å². The first-order valence-corrected chi connectivity index (χ1v) is 9.28. The number of benzene rings is 1. The Morgan fingerprint density at radius 3 is 2.38 bits per heavy atom. The third kappa shape index (κ3) is 4.05. The Morgan fingerprint density at radius 2 is 1.76 bits per heavy atom. The molecular formula is C16H25NO3S. The molecule has 2 rings (SSSR count). The second-order valence-electron chi connectivity index (χ2n) is 5.67. The Labute approximate surface area is 127 Å². The fourth-order valence-electron chi connectivity index (χ4n) is 2.73. The van der Waals surface area contributed by atoms with E-state index in [1.54, 1.807) is 28.6 Å². The second kappa shape index (κ2) is 7.38. The molecule has 0 amide bonds. The van der Waals surface area contributed by atoms with Crippen LogP contribution in [0.3, 0.4) is 0 Å². The fraction of sp³-hybridized carbons (Fsp3) is 0.625. The van der Waals surface area contributed by atoms with Crippen LogP contribution < -0.4 is 0 Å². The van der Waals surface area contributed by atoms with Gasteiger partial charge in [0.05, 0.1) is 11.0 Å². The first kappa shape index (κ1) is 16.5. The van der Waals surface area contributed by atoms with Gasteiger partial charge in [-0.2, -0.15) is 4.31 Å². The highest BCUT2D eigenvalue weighted by molar-refractivity contribution is 7.89. The highest BCUT2D eigenvalue weighted by atomic mass is 32.2. The molecule has 0 radical (unpaired) electrons. The van der Waals surface area contributed by atoms with E-state index in [-0.39, 0.29) is 0 Å². The normalized spacial score (nSPS) is 19.7. The van der Waals surface area contributed by atoms with Crippen molar-refractivity contribution in [2.45, 2.75) is 56.4 Å². The molecule has 118 valence electrons. The third-order valence-corrected chi connectivity index (χ3v) is 5.98. The second-order valence-corrected chi connectivity index (χ2v) is 7.61. The molecule has 1 atom stereocenters. The van der Waals surface area contributed by atoms with Gasteiger partial charge in [0.2, 0.25) is 10.0 Å². The van der Waals surface area contributed by atoms with Crippen molar-refractivity contribution < 1.29 is 13.5 Å². The van der Waals surface area contributed by atoms with E-state index in [1.165, 1.54) is 6.42 Å². The molecule has 1 N–H and O–H groups in total. The minimum absolute atomic E-state index is 0.299. The summed E-state index contributed by atoms with van der Waals surface area (Å²) < 4.78 is 27.1. The monoisotopic (exact) mass is 311 g/mol. The molecule has 0 aromatic heterocycles. The maximum atomic E-state index is 12.8. The van der Waals surface area contributed by atoms with Crippen molar-refractivity contribution in [3.8, 4) is 0 Å². The van der Waals surface area contributed by atoms with Gasteiger partial charge in [0.1, 0.15) is 0 Å². The van der Waals surface area contributed by atoms with Crippen LogP contribution in [0.25, 0.3) is 0 Å². The molecule has 1 aliphatic heterocycles. The summed E-state index contributed by atoms with van der Waals surface area (Å²) in [6.07, 6.45) is 5.22. The molecule has 0 spiro atoms. The van der Waals surface area contributed by atoms with E-state index in [4.69, 9.17) is 0 Å². The minimum Gasteiger partial charge on any atom is -0.388 e. The smallest absolute Gasteiger partial charge is 0.243 e. The van der Waals surface area contributed by atoms with Crippen LogP contribution in [-0.4, -0.2) is 30.9 Å². The molecule has 1 aromatic carbocycles. The molecular weight excluding hydrogens is 286 g/mol. The Morgan fingerprint density at radius 1 is 1.14 bits per heavy atom. The van der Waals surface area contributed by atoms with Crippen molar-refractivity contribution in [2.24, 2.45) is 0 Å². The van der Waals surface area contributed by atoms with Crippen molar-refractivity contribution in [3.05, 3.63) is 29.8 Å². The molecule has 1 fully saturated rings. The summed E-state index contributed by atoms with van der Waals surface area (Å²) in [5, 5.41) is 9.90. The van der Waals surface area contributed by atoms with E-state index in [0.717, 1.165) is 25.7 Å². The molecule has 1 saturated heterocycles. The SMILES string of the molecule is CCC(O)c1cccc(S(=O)(=O)N2CCCCCCC2)c1. The van der Waals surface area contributed by atoms with Crippen LogP contribution in [0, 0.1) is 0 Å². The van der Waals surface area contributed by atoms with Crippen molar-refractivity contribution in [1.82, 2.24) is 4.31 Å². The van der Waals surface area contributed by atoms with Crippen molar-refractivity contribution in [3.63, 3.8) is 0 Å². The Balaban J connectivity index is 2.25. The van der Waals surface area contributed by atoms with Gasteiger partial charge < -0.3 is 5.11 Å². The zero-order chi connectivity index (χ0) is 15.3. The zero-order valence-electron chi connectivity index (χ0n) is 12.7. The summed E-state index contributed by atoms with van der Waals surface area (Å²) in [7, 11) is -3.44. The molecule has 0 saturated carbocycles. The summed E-state index contributed by atoms with van der Waals surface area (Å²) in [4.78, 5) is 0.299. The van der Waals surface area contributed by atoms with Gasteiger partial charge in [-0.05, 0) is 37.0 Å². The van der Waals surface area contributed by atoms with Gasteiger partial charge in [0.25, 0.3) is 0 Å². The Hall–Kier alpha value is -0.910. The van der Waals surface area contributed by atoms with Gasteiger partial charge in [0.15, 0.2) is 0 Å². The third-order valence-electron chi connectivity index (χ3n) is 4.08. The van der Waals surface area contributed by atoms with E-state index in [9.17, 15) is 13.5 Å². The predicted molar refractivity (Wildman–Crippen MR) is 83.5 cm³/mol. The molecule has 1 unspecified atom stereocenters. The van der Waals surface area contributed by atoms with Gasteiger partial charge in [0, 0.05) is 13.1 Å². The summed E-state index contributed by atoms with van der Waals surface area (Å²) >= 11 is 0. The summed E-state index contributed by atoms with van der Waals surface area (Å²) in [5.74, 6) is 0. The van der Waals surface area contributed by atoms with Gasteiger partial charge >= 0.3 is 0 Å². The average Bonchev–Trinajstić information content (AvgIpc) is 2.46. The minimum atomic E-state index is -3.44. The van der Waals surface area contributed by atoms with E-state index < -0.39 is 16.1 Å². The van der Waals surface area contributed by atoms with Crippen molar-refractivity contribution >= 4 is 10.0 Å². The van der Waals surface area contributed by atoms with Crippen LogP contribution in [0.2, 0.25) is 0 Å². The largest absolute Gasteiger partial charge is 0.388 e. The standard InChI is InChI=1S/C16H25NO3S/c1-2-16(18)14-9-8-10-15(13-14)21(19,20)17-11-6-4-3-5-7-12-17/h8-10,13,16,18H,2-7,11-12H2,1H3. The molecule has 0 aliphatic carbocycles. The summed E-state index contributed by atoms with van der Waals surface area (Å²) in [6, 6.07) is 6.73. The lowest BCUT2D eigenvalue weighted by atomic mass is 10.1. The highest BCUT2D eigenvalue weighted by Crippen LogP contribution is 2.24. The van der Waals surface area contributed by atoms with Crippen LogP contribution >= 0.6 is 0 Å². The molecule has 1 aromatic rings. The first-order chi connectivity index (χ1) is 10.1. The maximum absolute atomic E-state index is 12.8. The van der Waals surface area contributed by atoms with E-state index in [2.05, 4.69) is 0 Å². The van der Waals surface area contributed by atoms with Gasteiger partial charge in [-0.25, -0.2) is 8.42 Å². The quantitative estimate of drug-likeness (QED) is 0.929. The van der Waals surface area contributed by atoms with Crippen molar-refractivity contribution in [2.75, 3.05) is 13.1 Å². The Bertz CT molecular complexity index is 548. The number of hydrogen-bond acceptors (Lipinski definition) is 3. The van der Waals surface area contributed by atoms with Gasteiger partial charge in [-0.3, -0.25) is 0 Å². The van der Waals surface area contributed by atoms with E-state index >= 15 is 0 Å². The predicted octanol–water partition coefficient (Wildman–Crippen LogP) is 3.08. The number of hydrogen-bond donors (Lipinski definition) is 1. The lowest BCUT2D eigenvalue weighted by Gasteiger charge is -2.24. The zero-order valence-corrected chi connectivity index (χ0v) is 13.5. The number of rotatable bonds is 4. The number of aliphatic hydroxyl groups excluding tert-OH is 1. The van der Waals surface area contributed by atoms with Crippen LogP contribution in [0.1, 0.15) is 57.1 Å².